The predicted molar refractivity (Wildman–Crippen MR) is 125 cm³/mol. The average molecular weight is 436 g/mol. The van der Waals surface area contributed by atoms with Gasteiger partial charge in [-0.3, -0.25) is 4.79 Å². The highest BCUT2D eigenvalue weighted by molar-refractivity contribution is 7.89. The first-order valence-corrected chi connectivity index (χ1v) is 11.6. The number of aryl methyl sites for hydroxylation is 2. The molecule has 162 valence electrons. The van der Waals surface area contributed by atoms with Crippen LogP contribution in [0.4, 0.5) is 0 Å². The molecule has 5 heteroatoms. The van der Waals surface area contributed by atoms with Crippen molar-refractivity contribution in [1.82, 2.24) is 4.72 Å². The lowest BCUT2D eigenvalue weighted by Crippen LogP contribution is -2.30. The normalized spacial score (nSPS) is 12.9. The molecule has 0 bridgehead atoms. The van der Waals surface area contributed by atoms with Crippen LogP contribution in [0.5, 0.6) is 0 Å². The molecule has 0 radical (unpaired) electrons. The third-order valence-electron chi connectivity index (χ3n) is 5.03. The molecule has 0 saturated heterocycles. The van der Waals surface area contributed by atoms with Crippen molar-refractivity contribution in [1.29, 1.82) is 0 Å². The van der Waals surface area contributed by atoms with Crippen LogP contribution >= 0.6 is 0 Å². The Labute approximate surface area is 188 Å². The standard InChI is InChI=1S/C26H29NO3S/c1-4-30-26(28)18-25(27-31(29)24-14-8-19(2)9-15-24)23-12-10-21(11-13-23)17-22-7-5-6-20(3)16-22/h5-16,25,27H,4,17-18H2,1-3H3/t25-,31+/m0/s1. The summed E-state index contributed by atoms with van der Waals surface area (Å²) in [4.78, 5) is 12.8. The number of carbonyl (C=O) groups excluding carboxylic acids is 1. The van der Waals surface area contributed by atoms with Crippen molar-refractivity contribution < 1.29 is 14.1 Å². The van der Waals surface area contributed by atoms with Crippen molar-refractivity contribution in [2.45, 2.75) is 44.6 Å². The second-order valence-corrected chi connectivity index (χ2v) is 8.91. The first-order valence-electron chi connectivity index (χ1n) is 10.5. The van der Waals surface area contributed by atoms with Crippen molar-refractivity contribution in [3.63, 3.8) is 0 Å². The third kappa shape index (κ3) is 6.96. The van der Waals surface area contributed by atoms with Crippen LogP contribution in [0.2, 0.25) is 0 Å². The molecule has 3 rings (SSSR count). The van der Waals surface area contributed by atoms with Gasteiger partial charge in [-0.15, -0.1) is 4.72 Å². The van der Waals surface area contributed by atoms with Gasteiger partial charge in [-0.1, -0.05) is 71.8 Å². The van der Waals surface area contributed by atoms with E-state index in [1.807, 2.05) is 43.3 Å². The molecule has 0 heterocycles. The van der Waals surface area contributed by atoms with Crippen LogP contribution in [0.3, 0.4) is 0 Å². The molecular formula is C26H29NO3S. The van der Waals surface area contributed by atoms with Gasteiger partial charge in [-0.25, -0.2) is 0 Å². The summed E-state index contributed by atoms with van der Waals surface area (Å²) in [5.74, 6) is -0.315. The van der Waals surface area contributed by atoms with E-state index in [9.17, 15) is 9.35 Å². The molecule has 0 amide bonds. The van der Waals surface area contributed by atoms with Crippen LogP contribution in [0.25, 0.3) is 0 Å². The summed E-state index contributed by atoms with van der Waals surface area (Å²) in [6.45, 7) is 6.18. The van der Waals surface area contributed by atoms with Crippen LogP contribution in [0.1, 0.15) is 47.2 Å². The molecule has 0 aromatic heterocycles. The Morgan fingerprint density at radius 3 is 2.32 bits per heavy atom. The zero-order valence-electron chi connectivity index (χ0n) is 18.3. The van der Waals surface area contributed by atoms with Gasteiger partial charge in [0.2, 0.25) is 0 Å². The lowest BCUT2D eigenvalue weighted by Gasteiger charge is -2.20. The SMILES string of the molecule is CCOC(=O)C[C@H](N[S@+]([O-])c1ccc(C)cc1)c1ccc(Cc2cccc(C)c2)cc1. The van der Waals surface area contributed by atoms with E-state index in [0.29, 0.717) is 11.5 Å². The van der Waals surface area contributed by atoms with Crippen LogP contribution < -0.4 is 4.72 Å². The molecule has 0 saturated carbocycles. The van der Waals surface area contributed by atoms with Crippen molar-refractivity contribution in [2.24, 2.45) is 0 Å². The zero-order valence-corrected chi connectivity index (χ0v) is 19.1. The second-order valence-electron chi connectivity index (χ2n) is 7.67. The minimum Gasteiger partial charge on any atom is -0.593 e. The molecule has 0 aliphatic carbocycles. The van der Waals surface area contributed by atoms with E-state index in [-0.39, 0.29) is 12.4 Å². The molecule has 0 fully saturated rings. The predicted octanol–water partition coefficient (Wildman–Crippen LogP) is 5.20. The molecular weight excluding hydrogens is 406 g/mol. The maximum Gasteiger partial charge on any atom is 0.307 e. The summed E-state index contributed by atoms with van der Waals surface area (Å²) in [6, 6.07) is 23.7. The van der Waals surface area contributed by atoms with E-state index in [0.717, 1.165) is 17.5 Å². The van der Waals surface area contributed by atoms with Gasteiger partial charge in [0, 0.05) is 0 Å². The highest BCUT2D eigenvalue weighted by Gasteiger charge is 2.23. The number of carbonyl (C=O) groups is 1. The molecule has 0 spiro atoms. The van der Waals surface area contributed by atoms with Crippen molar-refractivity contribution in [2.75, 3.05) is 6.61 Å². The zero-order chi connectivity index (χ0) is 22.2. The van der Waals surface area contributed by atoms with Gasteiger partial charge in [0.15, 0.2) is 4.90 Å². The summed E-state index contributed by atoms with van der Waals surface area (Å²) >= 11 is -1.44. The summed E-state index contributed by atoms with van der Waals surface area (Å²) in [6.07, 6.45) is 0.954. The maximum absolute atomic E-state index is 12.9. The largest absolute Gasteiger partial charge is 0.593 e. The maximum atomic E-state index is 12.9. The van der Waals surface area contributed by atoms with Crippen molar-refractivity contribution >= 4 is 17.3 Å². The number of hydrogen-bond acceptors (Lipinski definition) is 4. The monoisotopic (exact) mass is 435 g/mol. The topological polar surface area (TPSA) is 61.4 Å². The second kappa shape index (κ2) is 11.1. The number of hydrogen-bond donors (Lipinski definition) is 1. The molecule has 1 N–H and O–H groups in total. The Kier molecular flexibility index (Phi) is 8.29. The quantitative estimate of drug-likeness (QED) is 0.371. The smallest absolute Gasteiger partial charge is 0.307 e. The highest BCUT2D eigenvalue weighted by Crippen LogP contribution is 2.23. The van der Waals surface area contributed by atoms with E-state index in [1.54, 1.807) is 6.92 Å². The van der Waals surface area contributed by atoms with Gasteiger partial charge in [0.25, 0.3) is 0 Å². The minimum atomic E-state index is -1.44. The summed E-state index contributed by atoms with van der Waals surface area (Å²) in [7, 11) is 0. The van der Waals surface area contributed by atoms with Gasteiger partial charge in [0.05, 0.1) is 30.4 Å². The van der Waals surface area contributed by atoms with Crippen LogP contribution in [-0.2, 0) is 27.3 Å². The molecule has 0 aliphatic rings. The Morgan fingerprint density at radius 1 is 0.968 bits per heavy atom. The van der Waals surface area contributed by atoms with E-state index in [1.165, 1.54) is 16.7 Å². The molecule has 31 heavy (non-hydrogen) atoms. The Bertz CT molecular complexity index is 986. The number of rotatable bonds is 9. The number of ether oxygens (including phenoxy) is 1. The van der Waals surface area contributed by atoms with E-state index < -0.39 is 17.4 Å². The summed E-state index contributed by atoms with van der Waals surface area (Å²) < 4.78 is 21.1. The van der Waals surface area contributed by atoms with Crippen LogP contribution in [-0.4, -0.2) is 17.1 Å². The lowest BCUT2D eigenvalue weighted by atomic mass is 9.99. The molecule has 0 unspecified atom stereocenters. The first kappa shape index (κ1) is 23.1. The lowest BCUT2D eigenvalue weighted by molar-refractivity contribution is -0.143. The Hall–Kier alpha value is -2.60. The van der Waals surface area contributed by atoms with Gasteiger partial charge in [-0.2, -0.15) is 0 Å². The Balaban J connectivity index is 1.76. The van der Waals surface area contributed by atoms with Crippen molar-refractivity contribution in [3.05, 3.63) is 101 Å². The average Bonchev–Trinajstić information content (AvgIpc) is 2.74. The molecule has 3 aromatic carbocycles. The van der Waals surface area contributed by atoms with Crippen molar-refractivity contribution in [3.8, 4) is 0 Å². The van der Waals surface area contributed by atoms with E-state index >= 15 is 0 Å². The highest BCUT2D eigenvalue weighted by atomic mass is 32.2. The summed E-state index contributed by atoms with van der Waals surface area (Å²) in [5, 5.41) is 0. The number of nitrogens with one attached hydrogen (secondary N) is 1. The number of esters is 1. The van der Waals surface area contributed by atoms with Crippen LogP contribution in [0, 0.1) is 13.8 Å². The van der Waals surface area contributed by atoms with Gasteiger partial charge >= 0.3 is 5.97 Å². The van der Waals surface area contributed by atoms with E-state index in [2.05, 4.69) is 48.0 Å². The first-order chi connectivity index (χ1) is 14.9. The molecule has 4 nitrogen and oxygen atoms in total. The van der Waals surface area contributed by atoms with E-state index in [4.69, 9.17) is 4.74 Å². The molecule has 2 atom stereocenters. The fourth-order valence-corrected chi connectivity index (χ4v) is 4.40. The minimum absolute atomic E-state index is 0.114. The Morgan fingerprint density at radius 2 is 1.68 bits per heavy atom. The number of benzene rings is 3. The molecule has 0 aliphatic heterocycles. The fraction of sp³-hybridized carbons (Fsp3) is 0.269. The summed E-state index contributed by atoms with van der Waals surface area (Å²) in [5.41, 5.74) is 5.69. The molecule has 3 aromatic rings. The van der Waals surface area contributed by atoms with Crippen LogP contribution in [0.15, 0.2) is 77.7 Å². The van der Waals surface area contributed by atoms with Gasteiger partial charge in [0.1, 0.15) is 0 Å². The third-order valence-corrected chi connectivity index (χ3v) is 6.23. The fourth-order valence-electron chi connectivity index (χ4n) is 3.40. The van der Waals surface area contributed by atoms with Gasteiger partial charge in [-0.05, 0) is 56.0 Å². The van der Waals surface area contributed by atoms with Gasteiger partial charge < -0.3 is 9.29 Å².